The van der Waals surface area contributed by atoms with E-state index in [2.05, 4.69) is 10.2 Å². The minimum atomic E-state index is -0.00173. The summed E-state index contributed by atoms with van der Waals surface area (Å²) in [7, 11) is 0. The molecule has 0 bridgehead atoms. The Morgan fingerprint density at radius 2 is 1.88 bits per heavy atom. The van der Waals surface area contributed by atoms with Gasteiger partial charge in [-0.05, 0) is 25.5 Å². The fourth-order valence-electron chi connectivity index (χ4n) is 1.65. The molecule has 0 aliphatic rings. The van der Waals surface area contributed by atoms with Gasteiger partial charge in [-0.15, -0.1) is 10.2 Å². The number of hydrogen-bond donors (Lipinski definition) is 2. The Kier molecular flexibility index (Phi) is 3.67. The topological polar surface area (TPSA) is 72.0 Å². The molecule has 17 heavy (non-hydrogen) atoms. The molecule has 0 saturated heterocycles. The summed E-state index contributed by atoms with van der Waals surface area (Å²) in [5.41, 5.74) is 8.02. The summed E-state index contributed by atoms with van der Waals surface area (Å²) in [4.78, 5) is 0. The van der Waals surface area contributed by atoms with Crippen molar-refractivity contribution in [2.24, 2.45) is 5.73 Å². The molecule has 1 aromatic heterocycles. The molecular formula is C13H15N3O. The van der Waals surface area contributed by atoms with E-state index in [1.165, 1.54) is 0 Å². The third-order valence-corrected chi connectivity index (χ3v) is 2.57. The summed E-state index contributed by atoms with van der Waals surface area (Å²) in [6.45, 7) is 0.600. The molecule has 0 aliphatic carbocycles. The van der Waals surface area contributed by atoms with Crippen LogP contribution in [0, 0.1) is 0 Å². The molecule has 0 aliphatic heterocycles. The van der Waals surface area contributed by atoms with E-state index in [1.807, 2.05) is 36.4 Å². The quantitative estimate of drug-likeness (QED) is 0.837. The lowest BCUT2D eigenvalue weighted by Crippen LogP contribution is -2.01. The Bertz CT molecular complexity index is 485. The third-order valence-electron chi connectivity index (χ3n) is 2.57. The predicted molar refractivity (Wildman–Crippen MR) is 66.5 cm³/mol. The van der Waals surface area contributed by atoms with Gasteiger partial charge in [0, 0.05) is 11.1 Å². The second-order valence-corrected chi connectivity index (χ2v) is 3.84. The summed E-state index contributed by atoms with van der Waals surface area (Å²) in [5.74, 6) is -0.00173. The largest absolute Gasteiger partial charge is 0.492 e. The first kappa shape index (κ1) is 11.5. The highest BCUT2D eigenvalue weighted by Gasteiger charge is 2.06. The zero-order valence-electron chi connectivity index (χ0n) is 9.50. The average Bonchev–Trinajstić information content (AvgIpc) is 2.39. The van der Waals surface area contributed by atoms with Gasteiger partial charge in [0.2, 0.25) is 5.88 Å². The maximum atomic E-state index is 9.59. The maximum absolute atomic E-state index is 9.59. The van der Waals surface area contributed by atoms with Gasteiger partial charge >= 0.3 is 0 Å². The molecule has 4 heteroatoms. The molecule has 1 heterocycles. The zero-order valence-corrected chi connectivity index (χ0v) is 9.50. The first-order valence-electron chi connectivity index (χ1n) is 5.62. The van der Waals surface area contributed by atoms with Crippen molar-refractivity contribution in [2.75, 3.05) is 6.54 Å². The Balaban J connectivity index is 2.31. The summed E-state index contributed by atoms with van der Waals surface area (Å²) >= 11 is 0. The van der Waals surface area contributed by atoms with Crippen LogP contribution in [0.25, 0.3) is 11.3 Å². The Morgan fingerprint density at radius 1 is 1.12 bits per heavy atom. The second kappa shape index (κ2) is 5.41. The van der Waals surface area contributed by atoms with E-state index in [-0.39, 0.29) is 5.88 Å². The lowest BCUT2D eigenvalue weighted by molar-refractivity contribution is 0.437. The standard InChI is InChI=1S/C13H15N3O/c14-8-4-7-11-9-12(15-16-13(11)17)10-5-2-1-3-6-10/h1-3,5-6,9H,4,7-8,14H2,(H,16,17). The number of hydrogen-bond acceptors (Lipinski definition) is 4. The number of rotatable bonds is 4. The zero-order chi connectivity index (χ0) is 12.1. The van der Waals surface area contributed by atoms with Crippen molar-refractivity contribution in [3.05, 3.63) is 42.0 Å². The van der Waals surface area contributed by atoms with E-state index in [4.69, 9.17) is 5.73 Å². The van der Waals surface area contributed by atoms with Gasteiger partial charge in [0.05, 0.1) is 5.69 Å². The molecule has 0 radical (unpaired) electrons. The highest BCUT2D eigenvalue weighted by molar-refractivity contribution is 5.59. The molecule has 0 atom stereocenters. The van der Waals surface area contributed by atoms with Crippen LogP contribution in [0.3, 0.4) is 0 Å². The van der Waals surface area contributed by atoms with Gasteiger partial charge in [-0.25, -0.2) is 0 Å². The first-order chi connectivity index (χ1) is 8.31. The van der Waals surface area contributed by atoms with Crippen LogP contribution in [0.15, 0.2) is 36.4 Å². The van der Waals surface area contributed by atoms with Gasteiger partial charge in [-0.2, -0.15) is 0 Å². The van der Waals surface area contributed by atoms with Gasteiger partial charge in [0.15, 0.2) is 0 Å². The van der Waals surface area contributed by atoms with Crippen LogP contribution in [0.5, 0.6) is 5.88 Å². The van der Waals surface area contributed by atoms with Crippen LogP contribution in [-0.4, -0.2) is 21.8 Å². The SMILES string of the molecule is NCCCc1cc(-c2ccccc2)nnc1O. The van der Waals surface area contributed by atoms with Crippen molar-refractivity contribution in [3.8, 4) is 17.1 Å². The molecule has 0 saturated carbocycles. The molecule has 0 unspecified atom stereocenters. The van der Waals surface area contributed by atoms with Crippen LogP contribution in [0.2, 0.25) is 0 Å². The minimum Gasteiger partial charge on any atom is -0.492 e. The number of aromatic nitrogens is 2. The number of benzene rings is 1. The van der Waals surface area contributed by atoms with E-state index in [0.29, 0.717) is 6.54 Å². The number of aromatic hydroxyl groups is 1. The van der Waals surface area contributed by atoms with Gasteiger partial charge < -0.3 is 10.8 Å². The average molecular weight is 229 g/mol. The molecule has 1 aromatic carbocycles. The van der Waals surface area contributed by atoms with Crippen LogP contribution in [0.4, 0.5) is 0 Å². The molecule has 4 nitrogen and oxygen atoms in total. The van der Waals surface area contributed by atoms with Crippen molar-refractivity contribution in [1.82, 2.24) is 10.2 Å². The summed E-state index contributed by atoms with van der Waals surface area (Å²) in [5, 5.41) is 17.4. The summed E-state index contributed by atoms with van der Waals surface area (Å²) < 4.78 is 0. The molecule has 3 N–H and O–H groups in total. The summed E-state index contributed by atoms with van der Waals surface area (Å²) in [6, 6.07) is 11.6. The Labute approximate surface area is 100 Å². The van der Waals surface area contributed by atoms with E-state index >= 15 is 0 Å². The lowest BCUT2D eigenvalue weighted by Gasteiger charge is -2.05. The molecule has 2 aromatic rings. The fraction of sp³-hybridized carbons (Fsp3) is 0.231. The molecule has 0 spiro atoms. The number of nitrogens with two attached hydrogens (primary N) is 1. The van der Waals surface area contributed by atoms with Gasteiger partial charge in [0.1, 0.15) is 0 Å². The smallest absolute Gasteiger partial charge is 0.234 e. The van der Waals surface area contributed by atoms with Crippen LogP contribution in [-0.2, 0) is 6.42 Å². The maximum Gasteiger partial charge on any atom is 0.234 e. The Morgan fingerprint density at radius 3 is 2.59 bits per heavy atom. The van der Waals surface area contributed by atoms with Crippen LogP contribution < -0.4 is 5.73 Å². The molecule has 0 amide bonds. The van der Waals surface area contributed by atoms with E-state index in [9.17, 15) is 5.11 Å². The van der Waals surface area contributed by atoms with E-state index < -0.39 is 0 Å². The summed E-state index contributed by atoms with van der Waals surface area (Å²) in [6.07, 6.45) is 1.55. The number of nitrogens with zero attached hydrogens (tertiary/aromatic N) is 2. The lowest BCUT2D eigenvalue weighted by atomic mass is 10.1. The monoisotopic (exact) mass is 229 g/mol. The number of aryl methyl sites for hydroxylation is 1. The van der Waals surface area contributed by atoms with Crippen molar-refractivity contribution in [3.63, 3.8) is 0 Å². The second-order valence-electron chi connectivity index (χ2n) is 3.84. The molecule has 0 fully saturated rings. The van der Waals surface area contributed by atoms with Crippen molar-refractivity contribution >= 4 is 0 Å². The minimum absolute atomic E-state index is 0.00173. The fourth-order valence-corrected chi connectivity index (χ4v) is 1.65. The normalized spacial score (nSPS) is 10.4. The third kappa shape index (κ3) is 2.79. The van der Waals surface area contributed by atoms with E-state index in [0.717, 1.165) is 29.7 Å². The van der Waals surface area contributed by atoms with Gasteiger partial charge in [-0.1, -0.05) is 30.3 Å². The predicted octanol–water partition coefficient (Wildman–Crippen LogP) is 1.74. The Hall–Kier alpha value is -1.94. The van der Waals surface area contributed by atoms with Gasteiger partial charge in [-0.3, -0.25) is 0 Å². The van der Waals surface area contributed by atoms with Crippen LogP contribution in [0.1, 0.15) is 12.0 Å². The molecule has 88 valence electrons. The highest BCUT2D eigenvalue weighted by Crippen LogP contribution is 2.21. The molecule has 2 rings (SSSR count). The van der Waals surface area contributed by atoms with Crippen molar-refractivity contribution in [1.29, 1.82) is 0 Å². The highest BCUT2D eigenvalue weighted by atomic mass is 16.3. The molecular weight excluding hydrogens is 214 g/mol. The van der Waals surface area contributed by atoms with Crippen LogP contribution >= 0.6 is 0 Å². The van der Waals surface area contributed by atoms with Crippen molar-refractivity contribution in [2.45, 2.75) is 12.8 Å². The van der Waals surface area contributed by atoms with E-state index in [1.54, 1.807) is 0 Å². The van der Waals surface area contributed by atoms with Gasteiger partial charge in [0.25, 0.3) is 0 Å². The van der Waals surface area contributed by atoms with Crippen molar-refractivity contribution < 1.29 is 5.11 Å². The first-order valence-corrected chi connectivity index (χ1v) is 5.62.